The Morgan fingerprint density at radius 3 is 2.67 bits per heavy atom. The van der Waals surface area contributed by atoms with E-state index in [4.69, 9.17) is 5.11 Å². The van der Waals surface area contributed by atoms with Gasteiger partial charge < -0.3 is 15.7 Å². The Morgan fingerprint density at radius 1 is 1.12 bits per heavy atom. The van der Waals surface area contributed by atoms with Crippen LogP contribution in [0.4, 0.5) is 11.8 Å². The molecule has 0 aliphatic carbocycles. The Morgan fingerprint density at radius 2 is 1.92 bits per heavy atom. The fourth-order valence-electron chi connectivity index (χ4n) is 2.30. The average Bonchev–Trinajstić information content (AvgIpc) is 2.95. The topological polar surface area (TPSA) is 87.9 Å². The van der Waals surface area contributed by atoms with Crippen LogP contribution in [0.15, 0.2) is 36.5 Å². The average molecular weight is 349 g/mol. The van der Waals surface area contributed by atoms with E-state index in [0.717, 1.165) is 16.9 Å². The number of anilines is 2. The number of benzene rings is 1. The molecule has 128 valence electrons. The van der Waals surface area contributed by atoms with E-state index < -0.39 is 0 Å². The highest BCUT2D eigenvalue weighted by Gasteiger charge is 2.11. The predicted molar refractivity (Wildman–Crippen MR) is 97.5 cm³/mol. The third-order valence-corrected chi connectivity index (χ3v) is 3.51. The van der Waals surface area contributed by atoms with Gasteiger partial charge in [-0.2, -0.15) is 15.1 Å². The second kappa shape index (κ2) is 8.47. The van der Waals surface area contributed by atoms with E-state index >= 15 is 0 Å². The van der Waals surface area contributed by atoms with Crippen LogP contribution in [0, 0.1) is 0 Å². The van der Waals surface area contributed by atoms with Gasteiger partial charge in [0.15, 0.2) is 5.65 Å². The van der Waals surface area contributed by atoms with Crippen LogP contribution in [-0.4, -0.2) is 38.0 Å². The quantitative estimate of drug-likeness (QED) is 0.567. The summed E-state index contributed by atoms with van der Waals surface area (Å²) < 4.78 is 1.72. The van der Waals surface area contributed by atoms with Crippen molar-refractivity contribution in [2.75, 3.05) is 23.8 Å². The van der Waals surface area contributed by atoms with Crippen LogP contribution in [0.5, 0.6) is 0 Å². The van der Waals surface area contributed by atoms with Crippen LogP contribution in [0.3, 0.4) is 0 Å². The number of aliphatic hydroxyl groups is 1. The molecular formula is C16H21ClN6O. The number of aromatic nitrogens is 4. The van der Waals surface area contributed by atoms with Crippen LogP contribution in [-0.2, 0) is 13.6 Å². The summed E-state index contributed by atoms with van der Waals surface area (Å²) in [7, 11) is 1.85. The van der Waals surface area contributed by atoms with Crippen molar-refractivity contribution in [1.82, 2.24) is 19.7 Å². The third kappa shape index (κ3) is 4.12. The Labute approximate surface area is 146 Å². The minimum atomic E-state index is 0. The number of hydrogen-bond donors (Lipinski definition) is 3. The molecule has 7 nitrogen and oxygen atoms in total. The lowest BCUT2D eigenvalue weighted by Gasteiger charge is -2.10. The Balaban J connectivity index is 0.00000208. The SMILES string of the molecule is Cl.Cn1ncc2c(NCc3ccccc3)nc(NCCCO)nc21. The molecule has 0 unspecified atom stereocenters. The largest absolute Gasteiger partial charge is 0.396 e. The first kappa shape index (κ1) is 18.0. The number of aryl methyl sites for hydroxylation is 1. The summed E-state index contributed by atoms with van der Waals surface area (Å²) in [5.74, 6) is 1.28. The Bertz CT molecular complexity index is 777. The molecule has 0 spiro atoms. The second-order valence-electron chi connectivity index (χ2n) is 5.24. The minimum Gasteiger partial charge on any atom is -0.396 e. The zero-order valence-corrected chi connectivity index (χ0v) is 14.3. The minimum absolute atomic E-state index is 0. The molecule has 0 bridgehead atoms. The molecule has 24 heavy (non-hydrogen) atoms. The van der Waals surface area contributed by atoms with Crippen LogP contribution in [0.1, 0.15) is 12.0 Å². The predicted octanol–water partition coefficient (Wildman–Crippen LogP) is 2.19. The Hall–Kier alpha value is -2.38. The van der Waals surface area contributed by atoms with Gasteiger partial charge in [0.05, 0.1) is 11.6 Å². The van der Waals surface area contributed by atoms with Crippen LogP contribution < -0.4 is 10.6 Å². The summed E-state index contributed by atoms with van der Waals surface area (Å²) in [4.78, 5) is 9.01. The van der Waals surface area contributed by atoms with Gasteiger partial charge in [-0.25, -0.2) is 0 Å². The van der Waals surface area contributed by atoms with Crippen LogP contribution >= 0.6 is 12.4 Å². The first-order valence-electron chi connectivity index (χ1n) is 7.60. The number of hydrogen-bond acceptors (Lipinski definition) is 6. The zero-order chi connectivity index (χ0) is 16.1. The van der Waals surface area contributed by atoms with Gasteiger partial charge in [-0.15, -0.1) is 12.4 Å². The highest BCUT2D eigenvalue weighted by atomic mass is 35.5. The van der Waals surface area contributed by atoms with Gasteiger partial charge in [0.2, 0.25) is 5.95 Å². The van der Waals surface area contributed by atoms with Crippen molar-refractivity contribution in [2.24, 2.45) is 7.05 Å². The summed E-state index contributed by atoms with van der Waals surface area (Å²) in [6, 6.07) is 10.2. The first-order valence-corrected chi connectivity index (χ1v) is 7.60. The number of nitrogens with zero attached hydrogens (tertiary/aromatic N) is 4. The van der Waals surface area contributed by atoms with Crippen LogP contribution in [0.2, 0.25) is 0 Å². The molecule has 0 amide bonds. The van der Waals surface area contributed by atoms with Crippen molar-refractivity contribution >= 4 is 35.2 Å². The molecule has 0 aliphatic heterocycles. The second-order valence-corrected chi connectivity index (χ2v) is 5.24. The monoisotopic (exact) mass is 348 g/mol. The lowest BCUT2D eigenvalue weighted by molar-refractivity contribution is 0.292. The van der Waals surface area contributed by atoms with Gasteiger partial charge in [-0.3, -0.25) is 4.68 Å². The molecule has 0 fully saturated rings. The molecule has 1 aromatic carbocycles. The summed E-state index contributed by atoms with van der Waals surface area (Å²) in [5, 5.41) is 20.5. The maximum atomic E-state index is 8.88. The van der Waals surface area contributed by atoms with Crippen molar-refractivity contribution in [1.29, 1.82) is 0 Å². The maximum Gasteiger partial charge on any atom is 0.226 e. The Kier molecular flexibility index (Phi) is 6.34. The van der Waals surface area contributed by atoms with Gasteiger partial charge in [0.25, 0.3) is 0 Å². The van der Waals surface area contributed by atoms with Gasteiger partial charge in [-0.05, 0) is 12.0 Å². The molecule has 0 aliphatic rings. The summed E-state index contributed by atoms with van der Waals surface area (Å²) in [6.45, 7) is 1.44. The highest BCUT2D eigenvalue weighted by Crippen LogP contribution is 2.22. The van der Waals surface area contributed by atoms with Gasteiger partial charge in [-0.1, -0.05) is 30.3 Å². The molecule has 3 rings (SSSR count). The molecule has 2 aromatic heterocycles. The van der Waals surface area contributed by atoms with E-state index in [2.05, 4.69) is 37.8 Å². The number of aliphatic hydroxyl groups excluding tert-OH is 1. The van der Waals surface area contributed by atoms with Crippen molar-refractivity contribution in [3.63, 3.8) is 0 Å². The summed E-state index contributed by atoms with van der Waals surface area (Å²) >= 11 is 0. The van der Waals surface area contributed by atoms with Crippen molar-refractivity contribution in [2.45, 2.75) is 13.0 Å². The first-order chi connectivity index (χ1) is 11.3. The third-order valence-electron chi connectivity index (χ3n) is 3.51. The smallest absolute Gasteiger partial charge is 0.226 e. The van der Waals surface area contributed by atoms with Gasteiger partial charge in [0.1, 0.15) is 5.82 Å². The zero-order valence-electron chi connectivity index (χ0n) is 13.4. The summed E-state index contributed by atoms with van der Waals surface area (Å²) in [6.07, 6.45) is 2.42. The molecule has 0 saturated heterocycles. The fraction of sp³-hybridized carbons (Fsp3) is 0.312. The number of rotatable bonds is 7. The van der Waals surface area contributed by atoms with Crippen LogP contribution in [0.25, 0.3) is 11.0 Å². The molecule has 0 saturated carbocycles. The maximum absolute atomic E-state index is 8.88. The number of fused-ring (bicyclic) bond motifs is 1. The highest BCUT2D eigenvalue weighted by molar-refractivity contribution is 5.87. The lowest BCUT2D eigenvalue weighted by atomic mass is 10.2. The fourth-order valence-corrected chi connectivity index (χ4v) is 2.30. The number of nitrogens with one attached hydrogen (secondary N) is 2. The number of halogens is 1. The van der Waals surface area contributed by atoms with Crippen molar-refractivity contribution < 1.29 is 5.11 Å². The molecular weight excluding hydrogens is 328 g/mol. The van der Waals surface area contributed by atoms with E-state index in [0.29, 0.717) is 25.5 Å². The standard InChI is InChI=1S/C16H20N6O.ClH/c1-22-15-13(11-19-22)14(18-10-12-6-3-2-4-7-12)20-16(21-15)17-8-5-9-23;/h2-4,6-7,11,23H,5,8-10H2,1H3,(H2,17,18,20,21);1H. The van der Waals surface area contributed by atoms with E-state index in [9.17, 15) is 0 Å². The summed E-state index contributed by atoms with van der Waals surface area (Å²) in [5.41, 5.74) is 1.94. The molecule has 2 heterocycles. The van der Waals surface area contributed by atoms with Gasteiger partial charge in [0, 0.05) is 26.7 Å². The van der Waals surface area contributed by atoms with Crippen molar-refractivity contribution in [3.05, 3.63) is 42.1 Å². The molecule has 3 aromatic rings. The lowest BCUT2D eigenvalue weighted by Crippen LogP contribution is -2.10. The molecule has 0 radical (unpaired) electrons. The molecule has 8 heteroatoms. The van der Waals surface area contributed by atoms with Crippen molar-refractivity contribution in [3.8, 4) is 0 Å². The van der Waals surface area contributed by atoms with E-state index in [1.807, 2.05) is 25.2 Å². The van der Waals surface area contributed by atoms with E-state index in [1.54, 1.807) is 10.9 Å². The molecule has 3 N–H and O–H groups in total. The molecule has 0 atom stereocenters. The van der Waals surface area contributed by atoms with E-state index in [1.165, 1.54) is 5.56 Å². The normalized spacial score (nSPS) is 10.4. The van der Waals surface area contributed by atoms with Gasteiger partial charge >= 0.3 is 0 Å². The van der Waals surface area contributed by atoms with E-state index in [-0.39, 0.29) is 19.0 Å².